The largest absolute Gasteiger partial charge is 0.342 e. The van der Waals surface area contributed by atoms with Crippen molar-refractivity contribution in [2.45, 2.75) is 24.9 Å². The monoisotopic (exact) mass is 275 g/mol. The highest BCUT2D eigenvalue weighted by Gasteiger charge is 2.37. The third-order valence-corrected chi connectivity index (χ3v) is 3.33. The minimum atomic E-state index is -0.790. The van der Waals surface area contributed by atoms with E-state index in [9.17, 15) is 14.4 Å². The van der Waals surface area contributed by atoms with Gasteiger partial charge in [-0.25, -0.2) is 0 Å². The molecule has 6 heteroatoms. The number of carbonyl (C=O) groups excluding carboxylic acids is 3. The van der Waals surface area contributed by atoms with Crippen molar-refractivity contribution in [1.29, 1.82) is 0 Å². The topological polar surface area (TPSA) is 92.5 Å². The number of hydrogen-bond acceptors (Lipinski definition) is 4. The summed E-state index contributed by atoms with van der Waals surface area (Å²) in [5, 5.41) is 2.53. The van der Waals surface area contributed by atoms with Crippen LogP contribution in [0.4, 0.5) is 0 Å². The predicted octanol–water partition coefficient (Wildman–Crippen LogP) is -0.570. The van der Waals surface area contributed by atoms with Crippen molar-refractivity contribution >= 4 is 17.7 Å². The Morgan fingerprint density at radius 2 is 2.05 bits per heavy atom. The normalized spacial score (nSPS) is 20.1. The zero-order valence-corrected chi connectivity index (χ0v) is 11.2. The maximum Gasteiger partial charge on any atom is 0.252 e. The molecule has 0 saturated carbocycles. The first-order valence-electron chi connectivity index (χ1n) is 6.39. The smallest absolute Gasteiger partial charge is 0.252 e. The minimum Gasteiger partial charge on any atom is -0.342 e. The Balaban J connectivity index is 1.92. The lowest BCUT2D eigenvalue weighted by Gasteiger charge is -2.15. The van der Waals surface area contributed by atoms with Crippen LogP contribution in [-0.4, -0.2) is 41.8 Å². The number of nitrogens with two attached hydrogens (primary N) is 1. The van der Waals surface area contributed by atoms with Crippen molar-refractivity contribution in [2.24, 2.45) is 5.73 Å². The molecule has 1 saturated heterocycles. The summed E-state index contributed by atoms with van der Waals surface area (Å²) in [6.45, 7) is 0. The van der Waals surface area contributed by atoms with E-state index >= 15 is 0 Å². The van der Waals surface area contributed by atoms with Crippen molar-refractivity contribution in [3.05, 3.63) is 35.9 Å². The summed E-state index contributed by atoms with van der Waals surface area (Å²) in [7, 11) is 1.40. The molecule has 0 spiro atoms. The van der Waals surface area contributed by atoms with Gasteiger partial charge in [0.2, 0.25) is 11.8 Å². The van der Waals surface area contributed by atoms with Crippen LogP contribution < -0.4 is 11.1 Å². The van der Waals surface area contributed by atoms with Crippen LogP contribution in [0.2, 0.25) is 0 Å². The van der Waals surface area contributed by atoms with Gasteiger partial charge in [-0.2, -0.15) is 0 Å². The molecule has 6 nitrogen and oxygen atoms in total. The minimum absolute atomic E-state index is 0.000863. The molecular formula is C14H17N3O3. The molecule has 1 fully saturated rings. The van der Waals surface area contributed by atoms with E-state index in [1.807, 2.05) is 30.3 Å². The molecule has 1 aromatic carbocycles. The summed E-state index contributed by atoms with van der Waals surface area (Å²) in [4.78, 5) is 36.0. The van der Waals surface area contributed by atoms with Gasteiger partial charge in [0.15, 0.2) is 0 Å². The molecule has 1 aromatic rings. The molecule has 106 valence electrons. The fraction of sp³-hybridized carbons (Fsp3) is 0.357. The molecule has 0 bridgehead atoms. The molecule has 3 N–H and O–H groups in total. The number of likely N-dealkylation sites (N-methyl/N-ethyl adjacent to an activating group) is 1. The number of nitrogens with one attached hydrogen (secondary N) is 1. The number of benzene rings is 1. The maximum atomic E-state index is 11.9. The van der Waals surface area contributed by atoms with Crippen molar-refractivity contribution in [3.8, 4) is 0 Å². The Labute approximate surface area is 116 Å². The fourth-order valence-corrected chi connectivity index (χ4v) is 2.11. The van der Waals surface area contributed by atoms with E-state index in [0.29, 0.717) is 6.42 Å². The van der Waals surface area contributed by atoms with Gasteiger partial charge in [0.1, 0.15) is 6.04 Å². The summed E-state index contributed by atoms with van der Waals surface area (Å²) in [5.74, 6) is -1.11. The Morgan fingerprint density at radius 1 is 1.40 bits per heavy atom. The zero-order valence-electron chi connectivity index (χ0n) is 11.2. The van der Waals surface area contributed by atoms with Crippen LogP contribution in [0.3, 0.4) is 0 Å². The summed E-state index contributed by atoms with van der Waals surface area (Å²) in [6.07, 6.45) is 0.385. The number of rotatable bonds is 4. The maximum absolute atomic E-state index is 11.9. The Hall–Kier alpha value is -2.21. The standard InChI is InChI=1S/C14H17N3O3/c1-17-12(18)8-11(14(17)20)16-13(19)10(15)7-9-5-3-2-4-6-9/h2-6,10-11H,7-8,15H2,1H3,(H,16,19)/t10-,11?/m0/s1. The second-order valence-electron chi connectivity index (χ2n) is 4.85. The van der Waals surface area contributed by atoms with Gasteiger partial charge in [-0.05, 0) is 12.0 Å². The highest BCUT2D eigenvalue weighted by atomic mass is 16.2. The van der Waals surface area contributed by atoms with E-state index in [1.54, 1.807) is 0 Å². The number of nitrogens with zero attached hydrogens (tertiary/aromatic N) is 1. The van der Waals surface area contributed by atoms with Crippen molar-refractivity contribution < 1.29 is 14.4 Å². The van der Waals surface area contributed by atoms with Crippen molar-refractivity contribution in [2.75, 3.05) is 7.05 Å². The van der Waals surface area contributed by atoms with Crippen molar-refractivity contribution in [3.63, 3.8) is 0 Å². The van der Waals surface area contributed by atoms with Crippen LogP contribution >= 0.6 is 0 Å². The van der Waals surface area contributed by atoms with Gasteiger partial charge >= 0.3 is 0 Å². The lowest BCUT2D eigenvalue weighted by Crippen LogP contribution is -2.48. The number of likely N-dealkylation sites (tertiary alicyclic amines) is 1. The second kappa shape index (κ2) is 5.83. The quantitative estimate of drug-likeness (QED) is 0.720. The first-order valence-corrected chi connectivity index (χ1v) is 6.39. The first kappa shape index (κ1) is 14.2. The molecule has 0 aromatic heterocycles. The molecule has 1 aliphatic heterocycles. The molecule has 20 heavy (non-hydrogen) atoms. The van der Waals surface area contributed by atoms with Crippen LogP contribution in [0.15, 0.2) is 30.3 Å². The molecular weight excluding hydrogens is 258 g/mol. The van der Waals surface area contributed by atoms with Crippen LogP contribution in [-0.2, 0) is 20.8 Å². The predicted molar refractivity (Wildman–Crippen MR) is 72.4 cm³/mol. The van der Waals surface area contributed by atoms with Gasteiger partial charge in [0, 0.05) is 7.05 Å². The zero-order chi connectivity index (χ0) is 14.7. The summed E-state index contributed by atoms with van der Waals surface area (Å²) in [6, 6.07) is 7.85. The summed E-state index contributed by atoms with van der Waals surface area (Å²) < 4.78 is 0. The van der Waals surface area contributed by atoms with E-state index in [1.165, 1.54) is 7.05 Å². The van der Waals surface area contributed by atoms with Crippen molar-refractivity contribution in [1.82, 2.24) is 10.2 Å². The van der Waals surface area contributed by atoms with E-state index in [-0.39, 0.29) is 12.3 Å². The Morgan fingerprint density at radius 3 is 2.60 bits per heavy atom. The summed E-state index contributed by atoms with van der Waals surface area (Å²) in [5.41, 5.74) is 6.77. The molecule has 2 rings (SSSR count). The molecule has 0 aliphatic carbocycles. The average Bonchev–Trinajstić information content (AvgIpc) is 2.67. The van der Waals surface area contributed by atoms with E-state index in [2.05, 4.69) is 5.32 Å². The lowest BCUT2D eigenvalue weighted by molar-refractivity contribution is -0.138. The van der Waals surface area contributed by atoms with Gasteiger partial charge in [-0.1, -0.05) is 30.3 Å². The van der Waals surface area contributed by atoms with Gasteiger partial charge in [-0.3, -0.25) is 19.3 Å². The van der Waals surface area contributed by atoms with Crippen LogP contribution in [0, 0.1) is 0 Å². The van der Waals surface area contributed by atoms with Gasteiger partial charge in [0.05, 0.1) is 12.5 Å². The van der Waals surface area contributed by atoms with E-state index < -0.39 is 23.9 Å². The van der Waals surface area contributed by atoms with E-state index in [4.69, 9.17) is 5.73 Å². The number of amides is 3. The lowest BCUT2D eigenvalue weighted by atomic mass is 10.1. The van der Waals surface area contributed by atoms with Crippen LogP contribution in [0.1, 0.15) is 12.0 Å². The van der Waals surface area contributed by atoms with Crippen LogP contribution in [0.5, 0.6) is 0 Å². The summed E-state index contributed by atoms with van der Waals surface area (Å²) >= 11 is 0. The van der Waals surface area contributed by atoms with Gasteiger partial charge in [0.25, 0.3) is 5.91 Å². The molecule has 1 unspecified atom stereocenters. The Bertz CT molecular complexity index is 530. The highest BCUT2D eigenvalue weighted by molar-refractivity contribution is 6.06. The fourth-order valence-electron chi connectivity index (χ4n) is 2.11. The molecule has 1 aliphatic rings. The average molecular weight is 275 g/mol. The molecule has 0 radical (unpaired) electrons. The number of carbonyl (C=O) groups is 3. The second-order valence-corrected chi connectivity index (χ2v) is 4.85. The molecule has 1 heterocycles. The van der Waals surface area contributed by atoms with Gasteiger partial charge < -0.3 is 11.1 Å². The highest BCUT2D eigenvalue weighted by Crippen LogP contribution is 2.11. The van der Waals surface area contributed by atoms with Gasteiger partial charge in [-0.15, -0.1) is 0 Å². The third kappa shape index (κ3) is 3.03. The SMILES string of the molecule is CN1C(=O)CC(NC(=O)[C@@H](N)Cc2ccccc2)C1=O. The number of hydrogen-bond donors (Lipinski definition) is 2. The number of imide groups is 1. The third-order valence-electron chi connectivity index (χ3n) is 3.33. The first-order chi connectivity index (χ1) is 9.49. The molecule has 2 atom stereocenters. The van der Waals surface area contributed by atoms with Crippen LogP contribution in [0.25, 0.3) is 0 Å². The van der Waals surface area contributed by atoms with E-state index in [0.717, 1.165) is 10.5 Å². The Kier molecular flexibility index (Phi) is 4.14. The molecule has 3 amide bonds.